The number of amides is 1. The van der Waals surface area contributed by atoms with Crippen LogP contribution in [0.2, 0.25) is 0 Å². The van der Waals surface area contributed by atoms with Crippen LogP contribution in [0, 0.1) is 12.8 Å². The predicted molar refractivity (Wildman–Crippen MR) is 119 cm³/mol. The number of aryl methyl sites for hydroxylation is 1. The van der Waals surface area contributed by atoms with Crippen LogP contribution in [0.5, 0.6) is 0 Å². The van der Waals surface area contributed by atoms with Crippen LogP contribution in [0.4, 0.5) is 13.2 Å². The Balaban J connectivity index is 2.02. The summed E-state index contributed by atoms with van der Waals surface area (Å²) in [5, 5.41) is 6.89. The van der Waals surface area contributed by atoms with Gasteiger partial charge < -0.3 is 0 Å². The molecule has 0 saturated carbocycles. The molecule has 0 aliphatic carbocycles. The van der Waals surface area contributed by atoms with Gasteiger partial charge in [-0.2, -0.15) is 18.3 Å². The highest BCUT2D eigenvalue weighted by Crippen LogP contribution is 2.37. The summed E-state index contributed by atoms with van der Waals surface area (Å²) in [6.45, 7) is 7.43. The topological polar surface area (TPSA) is 102 Å². The second-order valence-electron chi connectivity index (χ2n) is 8.81. The second-order valence-corrected chi connectivity index (χ2v) is 9.89. The fraction of sp³-hybridized carbons (Fsp3) is 0.524. The number of fused-ring (bicyclic) bond motifs is 1. The van der Waals surface area contributed by atoms with Crippen molar-refractivity contribution in [3.05, 3.63) is 48.2 Å². The zero-order valence-electron chi connectivity index (χ0n) is 19.2. The van der Waals surface area contributed by atoms with E-state index in [1.54, 1.807) is 13.8 Å². The second kappa shape index (κ2) is 8.38. The SMILES string of the molecule is Cc1[nH]nc(C(F)(F)F)c1Cc1sc2c(c1C(=O)N1C[C@@H](C)CO1)c(=O)n(C)c(=O)n2C(C)C. The van der Waals surface area contributed by atoms with Crippen LogP contribution in [0.3, 0.4) is 0 Å². The number of aromatic amines is 1. The molecule has 1 aliphatic heterocycles. The van der Waals surface area contributed by atoms with E-state index in [1.807, 2.05) is 6.92 Å². The smallest absolute Gasteiger partial charge is 0.282 e. The number of halogens is 3. The number of nitrogens with zero attached hydrogens (tertiary/aromatic N) is 4. The van der Waals surface area contributed by atoms with E-state index < -0.39 is 29.0 Å². The molecule has 0 bridgehead atoms. The Labute approximate surface area is 195 Å². The van der Waals surface area contributed by atoms with Crippen LogP contribution >= 0.6 is 11.3 Å². The molecule has 34 heavy (non-hydrogen) atoms. The van der Waals surface area contributed by atoms with Crippen molar-refractivity contribution in [1.82, 2.24) is 24.4 Å². The standard InChI is InChI=1S/C21H24F3N5O4S/c1-9(2)29-19-15(17(30)27(5)20(29)32)14(18(31)28-7-10(3)8-33-28)13(34-19)6-12-11(4)25-26-16(12)21(22,23)24/h9-10H,6-8H2,1-5H3,(H,25,26)/t10-/m1/s1. The predicted octanol–water partition coefficient (Wildman–Crippen LogP) is 3.01. The Hall–Kier alpha value is -2.93. The first-order valence-electron chi connectivity index (χ1n) is 10.7. The van der Waals surface area contributed by atoms with Gasteiger partial charge in [-0.05, 0) is 20.8 Å². The minimum Gasteiger partial charge on any atom is -0.282 e. The molecule has 13 heteroatoms. The first-order valence-corrected chi connectivity index (χ1v) is 11.5. The minimum atomic E-state index is -4.70. The molecule has 1 amide bonds. The van der Waals surface area contributed by atoms with Crippen molar-refractivity contribution in [3.63, 3.8) is 0 Å². The summed E-state index contributed by atoms with van der Waals surface area (Å²) in [6.07, 6.45) is -5.00. The third-order valence-electron chi connectivity index (χ3n) is 5.82. The van der Waals surface area contributed by atoms with Crippen molar-refractivity contribution in [2.24, 2.45) is 13.0 Å². The Morgan fingerprint density at radius 1 is 1.32 bits per heavy atom. The molecular weight excluding hydrogens is 475 g/mol. The molecule has 1 N–H and O–H groups in total. The molecule has 0 radical (unpaired) electrons. The van der Waals surface area contributed by atoms with E-state index in [1.165, 1.54) is 18.5 Å². The van der Waals surface area contributed by atoms with Gasteiger partial charge in [-0.1, -0.05) is 6.92 Å². The highest BCUT2D eigenvalue weighted by atomic mass is 32.1. The fourth-order valence-electron chi connectivity index (χ4n) is 4.08. The lowest BCUT2D eigenvalue weighted by molar-refractivity contribution is -0.141. The summed E-state index contributed by atoms with van der Waals surface area (Å²) in [6, 6.07) is -0.360. The molecule has 9 nitrogen and oxygen atoms in total. The maximum atomic E-state index is 13.6. The van der Waals surface area contributed by atoms with Crippen molar-refractivity contribution in [2.75, 3.05) is 13.2 Å². The minimum absolute atomic E-state index is 0.00124. The normalized spacial score (nSPS) is 16.9. The molecule has 1 atom stereocenters. The van der Waals surface area contributed by atoms with Gasteiger partial charge in [-0.15, -0.1) is 11.3 Å². The molecule has 0 spiro atoms. The number of carbonyl (C=O) groups is 1. The Morgan fingerprint density at radius 2 is 2.00 bits per heavy atom. The molecule has 1 aliphatic rings. The molecule has 4 heterocycles. The number of hydrogen-bond donors (Lipinski definition) is 1. The number of aromatic nitrogens is 4. The number of rotatable bonds is 4. The van der Waals surface area contributed by atoms with Crippen LogP contribution in [0.25, 0.3) is 10.2 Å². The highest BCUT2D eigenvalue weighted by Gasteiger charge is 2.39. The summed E-state index contributed by atoms with van der Waals surface area (Å²) >= 11 is 0.968. The van der Waals surface area contributed by atoms with E-state index in [0.717, 1.165) is 21.0 Å². The molecular formula is C21H24F3N5O4S. The van der Waals surface area contributed by atoms with E-state index in [0.29, 0.717) is 6.61 Å². The van der Waals surface area contributed by atoms with Gasteiger partial charge >= 0.3 is 11.9 Å². The Bertz CT molecular complexity index is 1400. The third kappa shape index (κ3) is 3.86. The van der Waals surface area contributed by atoms with Gasteiger partial charge in [0.15, 0.2) is 5.69 Å². The molecule has 3 aromatic rings. The van der Waals surface area contributed by atoms with Gasteiger partial charge in [-0.25, -0.2) is 9.86 Å². The lowest BCUT2D eigenvalue weighted by atomic mass is 10.0. The number of nitrogens with one attached hydrogen (secondary N) is 1. The van der Waals surface area contributed by atoms with E-state index >= 15 is 0 Å². The van der Waals surface area contributed by atoms with E-state index in [-0.39, 0.29) is 56.8 Å². The van der Waals surface area contributed by atoms with Crippen LogP contribution in [0.1, 0.15) is 59.0 Å². The van der Waals surface area contributed by atoms with Crippen molar-refractivity contribution < 1.29 is 22.8 Å². The van der Waals surface area contributed by atoms with E-state index in [9.17, 15) is 27.6 Å². The molecule has 1 fully saturated rings. The molecule has 1 saturated heterocycles. The van der Waals surface area contributed by atoms with Crippen molar-refractivity contribution in [2.45, 2.75) is 46.3 Å². The van der Waals surface area contributed by atoms with Crippen LogP contribution < -0.4 is 11.2 Å². The average Bonchev–Trinajstić information content (AvgIpc) is 3.43. The summed E-state index contributed by atoms with van der Waals surface area (Å²) in [5.74, 6) is -0.562. The number of alkyl halides is 3. The van der Waals surface area contributed by atoms with Gasteiger partial charge in [0.25, 0.3) is 11.5 Å². The van der Waals surface area contributed by atoms with Crippen LogP contribution in [0.15, 0.2) is 9.59 Å². The molecule has 184 valence electrons. The van der Waals surface area contributed by atoms with E-state index in [2.05, 4.69) is 10.2 Å². The monoisotopic (exact) mass is 499 g/mol. The zero-order chi connectivity index (χ0) is 25.1. The Kier molecular flexibility index (Phi) is 5.96. The summed E-state index contributed by atoms with van der Waals surface area (Å²) < 4.78 is 43.0. The van der Waals surface area contributed by atoms with Gasteiger partial charge in [0.05, 0.1) is 24.1 Å². The average molecular weight is 500 g/mol. The number of hydroxylamine groups is 2. The fourth-order valence-corrected chi connectivity index (χ4v) is 5.50. The molecule has 4 rings (SSSR count). The first kappa shape index (κ1) is 24.2. The van der Waals surface area contributed by atoms with Gasteiger partial charge in [0, 0.05) is 41.6 Å². The van der Waals surface area contributed by atoms with Crippen LogP contribution in [-0.4, -0.2) is 43.5 Å². The maximum absolute atomic E-state index is 13.6. The number of thiophene rings is 1. The van der Waals surface area contributed by atoms with Crippen LogP contribution in [-0.2, 0) is 24.5 Å². The van der Waals surface area contributed by atoms with Gasteiger partial charge in [0.1, 0.15) is 4.83 Å². The van der Waals surface area contributed by atoms with E-state index in [4.69, 9.17) is 4.84 Å². The number of hydrogen-bond acceptors (Lipinski definition) is 6. The summed E-state index contributed by atoms with van der Waals surface area (Å²) in [7, 11) is 1.31. The number of H-pyrrole nitrogens is 1. The lowest BCUT2D eigenvalue weighted by Gasteiger charge is -2.16. The Morgan fingerprint density at radius 3 is 2.56 bits per heavy atom. The van der Waals surface area contributed by atoms with Crippen molar-refractivity contribution in [1.29, 1.82) is 0 Å². The van der Waals surface area contributed by atoms with Gasteiger partial charge in [-0.3, -0.25) is 28.7 Å². The first-order chi connectivity index (χ1) is 15.8. The van der Waals surface area contributed by atoms with Gasteiger partial charge in [0.2, 0.25) is 0 Å². The zero-order valence-corrected chi connectivity index (χ0v) is 20.1. The number of carbonyl (C=O) groups excluding carboxylic acids is 1. The molecule has 0 aromatic carbocycles. The highest BCUT2D eigenvalue weighted by molar-refractivity contribution is 7.19. The maximum Gasteiger partial charge on any atom is 0.435 e. The largest absolute Gasteiger partial charge is 0.435 e. The summed E-state index contributed by atoms with van der Waals surface area (Å²) in [4.78, 5) is 45.5. The lowest BCUT2D eigenvalue weighted by Crippen LogP contribution is -2.39. The summed E-state index contributed by atoms with van der Waals surface area (Å²) in [5.41, 5.74) is -2.31. The third-order valence-corrected chi connectivity index (χ3v) is 7.01. The van der Waals surface area contributed by atoms with Crippen molar-refractivity contribution in [3.8, 4) is 0 Å². The molecule has 3 aromatic heterocycles. The molecule has 0 unspecified atom stereocenters. The van der Waals surface area contributed by atoms with Crippen molar-refractivity contribution >= 4 is 27.5 Å². The quantitative estimate of drug-likeness (QED) is 0.595.